The molecule has 0 amide bonds. The number of rotatable bonds is 3. The molecule has 1 aromatic carbocycles. The lowest BCUT2D eigenvalue weighted by molar-refractivity contribution is 0.755. The summed E-state index contributed by atoms with van der Waals surface area (Å²) in [6.45, 7) is 2.19. The minimum atomic E-state index is 0.298. The predicted molar refractivity (Wildman–Crippen MR) is 87.3 cm³/mol. The van der Waals surface area contributed by atoms with Gasteiger partial charge in [-0.2, -0.15) is 0 Å². The van der Waals surface area contributed by atoms with Gasteiger partial charge >= 0.3 is 0 Å². The Hall–Kier alpha value is -2.07. The van der Waals surface area contributed by atoms with Crippen molar-refractivity contribution in [2.45, 2.75) is 13.0 Å². The second kappa shape index (κ2) is 5.13. The fraction of sp³-hybridized carbons (Fsp3) is 0.188. The Morgan fingerprint density at radius 3 is 2.80 bits per heavy atom. The van der Waals surface area contributed by atoms with Crippen molar-refractivity contribution in [3.05, 3.63) is 52.9 Å². The van der Waals surface area contributed by atoms with Crippen LogP contribution in [0.5, 0.6) is 0 Å². The molecule has 2 aromatic heterocycles. The monoisotopic (exact) mass is 283 g/mol. The molecule has 0 radical (unpaired) electrons. The van der Waals surface area contributed by atoms with Gasteiger partial charge in [-0.25, -0.2) is 0 Å². The van der Waals surface area contributed by atoms with Gasteiger partial charge in [0.15, 0.2) is 0 Å². The fourth-order valence-electron chi connectivity index (χ4n) is 2.40. The maximum Gasteiger partial charge on any atom is 0.0724 e. The van der Waals surface area contributed by atoms with Crippen LogP contribution in [0.15, 0.2) is 48.0 Å². The lowest BCUT2D eigenvalue weighted by atomic mass is 10.1. The van der Waals surface area contributed by atoms with Gasteiger partial charge in [-0.05, 0) is 42.6 Å². The van der Waals surface area contributed by atoms with Gasteiger partial charge in [0.1, 0.15) is 0 Å². The molecule has 3 aromatic rings. The highest BCUT2D eigenvalue weighted by molar-refractivity contribution is 7.10. The van der Waals surface area contributed by atoms with Gasteiger partial charge < -0.3 is 10.6 Å². The summed E-state index contributed by atoms with van der Waals surface area (Å²) in [4.78, 5) is 7.89. The number of benzene rings is 1. The second-order valence-corrected chi connectivity index (χ2v) is 5.85. The largest absolute Gasteiger partial charge is 0.396 e. The van der Waals surface area contributed by atoms with Crippen molar-refractivity contribution in [1.82, 2.24) is 4.98 Å². The molecule has 102 valence electrons. The molecule has 3 nitrogen and oxygen atoms in total. The third-order valence-corrected chi connectivity index (χ3v) is 4.76. The molecular formula is C16H17N3S. The highest BCUT2D eigenvalue weighted by atomic mass is 32.1. The highest BCUT2D eigenvalue weighted by Gasteiger charge is 2.16. The zero-order chi connectivity index (χ0) is 14.1. The zero-order valence-electron chi connectivity index (χ0n) is 11.6. The summed E-state index contributed by atoms with van der Waals surface area (Å²) in [5, 5.41) is 3.11. The summed E-state index contributed by atoms with van der Waals surface area (Å²) in [7, 11) is 2.08. The number of anilines is 2. The van der Waals surface area contributed by atoms with Gasteiger partial charge in [0.05, 0.1) is 22.9 Å². The summed E-state index contributed by atoms with van der Waals surface area (Å²) in [6.07, 6.45) is 1.79. The Morgan fingerprint density at radius 1 is 1.20 bits per heavy atom. The Balaban J connectivity index is 2.03. The summed E-state index contributed by atoms with van der Waals surface area (Å²) >= 11 is 1.77. The van der Waals surface area contributed by atoms with Gasteiger partial charge in [0.2, 0.25) is 0 Å². The zero-order valence-corrected chi connectivity index (χ0v) is 12.4. The third-order valence-electron chi connectivity index (χ3n) is 3.72. The van der Waals surface area contributed by atoms with Crippen molar-refractivity contribution >= 4 is 33.6 Å². The molecule has 2 heterocycles. The number of nitrogen functional groups attached to an aromatic ring is 1. The molecule has 2 N–H and O–H groups in total. The molecule has 0 saturated carbocycles. The molecule has 0 bridgehead atoms. The van der Waals surface area contributed by atoms with Crippen molar-refractivity contribution < 1.29 is 0 Å². The van der Waals surface area contributed by atoms with Crippen LogP contribution in [0.4, 0.5) is 11.4 Å². The first-order valence-corrected chi connectivity index (χ1v) is 7.46. The molecular weight excluding hydrogens is 266 g/mol. The molecule has 0 aliphatic rings. The SMILES string of the molecule is CC(c1cccs1)N(C)c1ccc2ncccc2c1N. The third kappa shape index (κ3) is 2.12. The van der Waals surface area contributed by atoms with Crippen LogP contribution in [0.1, 0.15) is 17.8 Å². The number of hydrogen-bond donors (Lipinski definition) is 1. The Kier molecular flexibility index (Phi) is 3.32. The molecule has 0 aliphatic carbocycles. The molecule has 4 heteroatoms. The van der Waals surface area contributed by atoms with Gasteiger partial charge in [0, 0.05) is 23.5 Å². The van der Waals surface area contributed by atoms with Crippen LogP contribution in [-0.4, -0.2) is 12.0 Å². The molecule has 1 atom stereocenters. The van der Waals surface area contributed by atoms with Crippen LogP contribution < -0.4 is 10.6 Å². The van der Waals surface area contributed by atoms with Crippen LogP contribution in [0.2, 0.25) is 0 Å². The van der Waals surface area contributed by atoms with Gasteiger partial charge in [-0.3, -0.25) is 4.98 Å². The predicted octanol–water partition coefficient (Wildman–Crippen LogP) is 4.08. The molecule has 1 unspecified atom stereocenters. The smallest absolute Gasteiger partial charge is 0.0724 e. The average Bonchev–Trinajstić information content (AvgIpc) is 3.01. The Morgan fingerprint density at radius 2 is 2.05 bits per heavy atom. The number of nitrogens with two attached hydrogens (primary N) is 1. The van der Waals surface area contributed by atoms with Gasteiger partial charge in [-0.1, -0.05) is 6.07 Å². The average molecular weight is 283 g/mol. The molecule has 0 aliphatic heterocycles. The normalized spacial score (nSPS) is 12.5. The van der Waals surface area contributed by atoms with E-state index < -0.39 is 0 Å². The van der Waals surface area contributed by atoms with Crippen molar-refractivity contribution in [1.29, 1.82) is 0 Å². The lowest BCUT2D eigenvalue weighted by Gasteiger charge is -2.28. The van der Waals surface area contributed by atoms with E-state index in [2.05, 4.69) is 47.4 Å². The summed E-state index contributed by atoms with van der Waals surface area (Å²) < 4.78 is 0. The summed E-state index contributed by atoms with van der Waals surface area (Å²) in [5.74, 6) is 0. The first-order chi connectivity index (χ1) is 9.68. The quantitative estimate of drug-likeness (QED) is 0.737. The van der Waals surface area contributed by atoms with E-state index in [1.165, 1.54) is 4.88 Å². The maximum absolute atomic E-state index is 6.33. The van der Waals surface area contributed by atoms with Crippen LogP contribution in [0.25, 0.3) is 10.9 Å². The number of pyridine rings is 1. The van der Waals surface area contributed by atoms with E-state index in [0.29, 0.717) is 6.04 Å². The van der Waals surface area contributed by atoms with Crippen LogP contribution >= 0.6 is 11.3 Å². The standard InChI is InChI=1S/C16H17N3S/c1-11(15-6-4-10-20-15)19(2)14-8-7-13-12(16(14)17)5-3-9-18-13/h3-11H,17H2,1-2H3. The van der Waals surface area contributed by atoms with Crippen molar-refractivity contribution in [2.75, 3.05) is 17.7 Å². The highest BCUT2D eigenvalue weighted by Crippen LogP contribution is 2.35. The minimum Gasteiger partial charge on any atom is -0.396 e. The number of hydrogen-bond acceptors (Lipinski definition) is 4. The molecule has 0 saturated heterocycles. The first kappa shape index (κ1) is 12.9. The lowest BCUT2D eigenvalue weighted by Crippen LogP contribution is -2.22. The van der Waals surface area contributed by atoms with Crippen molar-refractivity contribution in [3.63, 3.8) is 0 Å². The molecule has 0 fully saturated rings. The molecule has 3 rings (SSSR count). The van der Waals surface area contributed by atoms with E-state index in [9.17, 15) is 0 Å². The van der Waals surface area contributed by atoms with Crippen LogP contribution in [0, 0.1) is 0 Å². The summed E-state index contributed by atoms with van der Waals surface area (Å²) in [5.41, 5.74) is 9.11. The second-order valence-electron chi connectivity index (χ2n) is 4.87. The van der Waals surface area contributed by atoms with Gasteiger partial charge in [0.25, 0.3) is 0 Å². The Labute approximate surface area is 122 Å². The van der Waals surface area contributed by atoms with Crippen LogP contribution in [-0.2, 0) is 0 Å². The topological polar surface area (TPSA) is 42.2 Å². The van der Waals surface area contributed by atoms with Gasteiger partial charge in [-0.15, -0.1) is 11.3 Å². The first-order valence-electron chi connectivity index (χ1n) is 6.58. The maximum atomic E-state index is 6.33. The molecule has 0 spiro atoms. The van der Waals surface area contributed by atoms with E-state index in [4.69, 9.17) is 5.73 Å². The number of fused-ring (bicyclic) bond motifs is 1. The molecule has 20 heavy (non-hydrogen) atoms. The van der Waals surface area contributed by atoms with E-state index in [-0.39, 0.29) is 0 Å². The van der Waals surface area contributed by atoms with E-state index >= 15 is 0 Å². The van der Waals surface area contributed by atoms with Crippen molar-refractivity contribution in [3.8, 4) is 0 Å². The number of nitrogens with zero attached hydrogens (tertiary/aromatic N) is 2. The summed E-state index contributed by atoms with van der Waals surface area (Å²) in [6, 6.07) is 12.6. The van der Waals surface area contributed by atoms with Crippen LogP contribution in [0.3, 0.4) is 0 Å². The number of thiophene rings is 1. The van der Waals surface area contributed by atoms with E-state index in [1.807, 2.05) is 18.2 Å². The minimum absolute atomic E-state index is 0.298. The number of aromatic nitrogens is 1. The van der Waals surface area contributed by atoms with Crippen molar-refractivity contribution in [2.24, 2.45) is 0 Å². The fourth-order valence-corrected chi connectivity index (χ4v) is 3.23. The van der Waals surface area contributed by atoms with E-state index in [1.54, 1.807) is 17.5 Å². The van der Waals surface area contributed by atoms with E-state index in [0.717, 1.165) is 22.3 Å². The Bertz CT molecular complexity index is 722.